The molecule has 0 spiro atoms. The molecule has 0 fully saturated rings. The van der Waals surface area contributed by atoms with E-state index in [0.29, 0.717) is 0 Å². The standard InChI is InChI=1S/C22H28N2O/c1-5-18(8-7-17(3)25)10-13-24-21-9-6-16(2)14-19(21)20-15-23(4)12-11-22(20)24/h5-9,14,25H,3,10-13,15H2,1-2,4H3/b8-7-,18-5+. The van der Waals surface area contributed by atoms with E-state index in [1.807, 2.05) is 13.0 Å². The van der Waals surface area contributed by atoms with Gasteiger partial charge in [0, 0.05) is 42.7 Å². The Morgan fingerprint density at radius 3 is 2.84 bits per heavy atom. The zero-order valence-electron chi connectivity index (χ0n) is 15.5. The average molecular weight is 336 g/mol. The molecule has 0 atom stereocenters. The van der Waals surface area contributed by atoms with Crippen molar-refractivity contribution in [3.63, 3.8) is 0 Å². The van der Waals surface area contributed by atoms with Crippen molar-refractivity contribution in [2.75, 3.05) is 13.6 Å². The van der Waals surface area contributed by atoms with E-state index in [-0.39, 0.29) is 5.76 Å². The van der Waals surface area contributed by atoms with E-state index in [1.54, 1.807) is 6.08 Å². The molecule has 0 amide bonds. The van der Waals surface area contributed by atoms with Gasteiger partial charge < -0.3 is 14.6 Å². The molecule has 0 aliphatic carbocycles. The normalized spacial score (nSPS) is 15.9. The van der Waals surface area contributed by atoms with Crippen molar-refractivity contribution in [2.24, 2.45) is 0 Å². The van der Waals surface area contributed by atoms with Gasteiger partial charge in [0.2, 0.25) is 0 Å². The number of allylic oxidation sites excluding steroid dienone is 4. The molecular formula is C22H28N2O. The van der Waals surface area contributed by atoms with Crippen molar-refractivity contribution in [1.82, 2.24) is 9.47 Å². The molecule has 0 unspecified atom stereocenters. The number of aliphatic hydroxyl groups is 1. The maximum Gasteiger partial charge on any atom is 0.108 e. The summed E-state index contributed by atoms with van der Waals surface area (Å²) in [5.41, 5.74) is 6.86. The van der Waals surface area contributed by atoms with Crippen LogP contribution >= 0.6 is 0 Å². The number of aryl methyl sites for hydroxylation is 2. The molecule has 0 saturated heterocycles. The van der Waals surface area contributed by atoms with Crippen molar-refractivity contribution in [1.29, 1.82) is 0 Å². The summed E-state index contributed by atoms with van der Waals surface area (Å²) in [7, 11) is 2.20. The number of benzene rings is 1. The largest absolute Gasteiger partial charge is 0.509 e. The molecule has 25 heavy (non-hydrogen) atoms. The lowest BCUT2D eigenvalue weighted by atomic mass is 10.0. The Morgan fingerprint density at radius 1 is 1.32 bits per heavy atom. The minimum Gasteiger partial charge on any atom is -0.509 e. The Bertz CT molecular complexity index is 855. The van der Waals surface area contributed by atoms with Gasteiger partial charge in [-0.2, -0.15) is 0 Å². The van der Waals surface area contributed by atoms with Crippen LogP contribution in [0, 0.1) is 6.92 Å². The minimum atomic E-state index is 0.0988. The quantitative estimate of drug-likeness (QED) is 0.621. The summed E-state index contributed by atoms with van der Waals surface area (Å²) in [5, 5.41) is 10.7. The van der Waals surface area contributed by atoms with E-state index >= 15 is 0 Å². The number of hydrogen-bond donors (Lipinski definition) is 1. The molecule has 1 aromatic carbocycles. The Morgan fingerprint density at radius 2 is 2.12 bits per heavy atom. The highest BCUT2D eigenvalue weighted by atomic mass is 16.3. The number of aliphatic hydroxyl groups excluding tert-OH is 1. The van der Waals surface area contributed by atoms with Gasteiger partial charge in [-0.25, -0.2) is 0 Å². The van der Waals surface area contributed by atoms with E-state index in [2.05, 4.69) is 54.3 Å². The highest BCUT2D eigenvalue weighted by Gasteiger charge is 2.22. The van der Waals surface area contributed by atoms with Gasteiger partial charge >= 0.3 is 0 Å². The van der Waals surface area contributed by atoms with Gasteiger partial charge in [0.15, 0.2) is 0 Å². The van der Waals surface area contributed by atoms with Crippen LogP contribution in [0.3, 0.4) is 0 Å². The number of nitrogens with zero attached hydrogens (tertiary/aromatic N) is 2. The van der Waals surface area contributed by atoms with Gasteiger partial charge in [0.1, 0.15) is 5.76 Å². The molecule has 1 N–H and O–H groups in total. The van der Waals surface area contributed by atoms with Crippen LogP contribution in [0.25, 0.3) is 10.9 Å². The maximum absolute atomic E-state index is 9.28. The third kappa shape index (κ3) is 3.72. The SMILES string of the molecule is C=C(O)/C=C\C(=C/C)CCn1c2c(c3cc(C)ccc31)CN(C)CC2. The molecule has 3 rings (SSSR count). The molecule has 2 heterocycles. The smallest absolute Gasteiger partial charge is 0.108 e. The van der Waals surface area contributed by atoms with E-state index in [1.165, 1.54) is 33.3 Å². The number of fused-ring (bicyclic) bond motifs is 3. The molecule has 132 valence electrons. The Kier molecular flexibility index (Phi) is 5.14. The fourth-order valence-corrected chi connectivity index (χ4v) is 3.72. The van der Waals surface area contributed by atoms with Crippen molar-refractivity contribution in [2.45, 2.75) is 39.8 Å². The van der Waals surface area contributed by atoms with Crippen LogP contribution < -0.4 is 0 Å². The molecule has 1 aliphatic heterocycles. The molecular weight excluding hydrogens is 308 g/mol. The first kappa shape index (κ1) is 17.6. The maximum atomic E-state index is 9.28. The van der Waals surface area contributed by atoms with Crippen LogP contribution in [0.4, 0.5) is 0 Å². The molecule has 0 bridgehead atoms. The summed E-state index contributed by atoms with van der Waals surface area (Å²) in [6.45, 7) is 10.8. The molecule has 0 saturated carbocycles. The van der Waals surface area contributed by atoms with Gasteiger partial charge in [-0.05, 0) is 51.1 Å². The molecule has 3 heteroatoms. The Labute approximate surface area is 150 Å². The predicted octanol–water partition coefficient (Wildman–Crippen LogP) is 4.90. The zero-order chi connectivity index (χ0) is 18.0. The summed E-state index contributed by atoms with van der Waals surface area (Å²) in [5.74, 6) is 0.0988. The van der Waals surface area contributed by atoms with Crippen molar-refractivity contribution < 1.29 is 5.11 Å². The zero-order valence-corrected chi connectivity index (χ0v) is 15.5. The average Bonchev–Trinajstić information content (AvgIpc) is 2.87. The van der Waals surface area contributed by atoms with Gasteiger partial charge in [-0.1, -0.05) is 35.9 Å². The molecule has 3 nitrogen and oxygen atoms in total. The second-order valence-electron chi connectivity index (χ2n) is 7.02. The molecule has 2 aromatic rings. The monoisotopic (exact) mass is 336 g/mol. The predicted molar refractivity (Wildman–Crippen MR) is 106 cm³/mol. The topological polar surface area (TPSA) is 28.4 Å². The van der Waals surface area contributed by atoms with Gasteiger partial charge in [-0.3, -0.25) is 0 Å². The lowest BCUT2D eigenvalue weighted by Gasteiger charge is -2.24. The van der Waals surface area contributed by atoms with Crippen molar-refractivity contribution in [3.05, 3.63) is 71.2 Å². The first-order chi connectivity index (χ1) is 12.0. The van der Waals surface area contributed by atoms with E-state index in [9.17, 15) is 5.11 Å². The lowest BCUT2D eigenvalue weighted by molar-refractivity contribution is 0.309. The number of likely N-dealkylation sites (N-methyl/N-ethyl adjacent to an activating group) is 1. The fourth-order valence-electron chi connectivity index (χ4n) is 3.72. The second-order valence-corrected chi connectivity index (χ2v) is 7.02. The van der Waals surface area contributed by atoms with Crippen molar-refractivity contribution in [3.8, 4) is 0 Å². The second kappa shape index (κ2) is 7.32. The summed E-state index contributed by atoms with van der Waals surface area (Å²) in [6, 6.07) is 6.81. The van der Waals surface area contributed by atoms with Gasteiger partial charge in [0.05, 0.1) is 0 Å². The van der Waals surface area contributed by atoms with Crippen LogP contribution in [0.1, 0.15) is 30.2 Å². The third-order valence-electron chi connectivity index (χ3n) is 5.09. The number of aromatic nitrogens is 1. The Balaban J connectivity index is 1.95. The van der Waals surface area contributed by atoms with E-state index < -0.39 is 0 Å². The van der Waals surface area contributed by atoms with Crippen molar-refractivity contribution >= 4 is 10.9 Å². The minimum absolute atomic E-state index is 0.0988. The number of hydrogen-bond acceptors (Lipinski definition) is 2. The number of rotatable bonds is 5. The highest BCUT2D eigenvalue weighted by Crippen LogP contribution is 2.32. The first-order valence-electron chi connectivity index (χ1n) is 9.00. The summed E-state index contributed by atoms with van der Waals surface area (Å²) in [6.07, 6.45) is 7.78. The first-order valence-corrected chi connectivity index (χ1v) is 9.00. The van der Waals surface area contributed by atoms with Crippen LogP contribution in [-0.2, 0) is 19.5 Å². The summed E-state index contributed by atoms with van der Waals surface area (Å²) >= 11 is 0. The van der Waals surface area contributed by atoms with Crippen LogP contribution in [0.2, 0.25) is 0 Å². The van der Waals surface area contributed by atoms with Crippen LogP contribution in [0.5, 0.6) is 0 Å². The summed E-state index contributed by atoms with van der Waals surface area (Å²) < 4.78 is 2.50. The third-order valence-corrected chi connectivity index (χ3v) is 5.09. The van der Waals surface area contributed by atoms with Gasteiger partial charge in [0.25, 0.3) is 0 Å². The highest BCUT2D eigenvalue weighted by molar-refractivity contribution is 5.86. The Hall–Kier alpha value is -2.26. The molecule has 1 aliphatic rings. The van der Waals surface area contributed by atoms with Crippen LogP contribution in [0.15, 0.2) is 54.3 Å². The summed E-state index contributed by atoms with van der Waals surface area (Å²) in [4.78, 5) is 2.40. The van der Waals surface area contributed by atoms with E-state index in [4.69, 9.17) is 0 Å². The van der Waals surface area contributed by atoms with Gasteiger partial charge in [-0.15, -0.1) is 0 Å². The van der Waals surface area contributed by atoms with Crippen LogP contribution in [-0.4, -0.2) is 28.2 Å². The van der Waals surface area contributed by atoms with E-state index in [0.717, 1.165) is 32.5 Å². The lowest BCUT2D eigenvalue weighted by Crippen LogP contribution is -2.27. The molecule has 1 aromatic heterocycles. The fraction of sp³-hybridized carbons (Fsp3) is 0.364. The molecule has 0 radical (unpaired) electrons.